The van der Waals surface area contributed by atoms with Crippen molar-refractivity contribution >= 4 is 23.0 Å². The van der Waals surface area contributed by atoms with Gasteiger partial charge >= 0.3 is 0 Å². The molecule has 0 aromatic heterocycles. The number of para-hydroxylation sites is 2. The second-order valence-corrected chi connectivity index (χ2v) is 6.00. The Morgan fingerprint density at radius 1 is 1.16 bits per heavy atom. The molecule has 0 saturated carbocycles. The van der Waals surface area contributed by atoms with E-state index in [0.29, 0.717) is 22.8 Å². The fourth-order valence-corrected chi connectivity index (χ4v) is 3.05. The molecule has 2 aromatic carbocycles. The minimum absolute atomic E-state index is 0.177. The molecule has 3 rings (SSSR count). The number of benzene rings is 1. The van der Waals surface area contributed by atoms with E-state index in [1.54, 1.807) is 12.1 Å². The van der Waals surface area contributed by atoms with Gasteiger partial charge in [-0.3, -0.25) is 14.4 Å². The number of amides is 1. The van der Waals surface area contributed by atoms with Crippen molar-refractivity contribution in [3.05, 3.63) is 44.7 Å². The van der Waals surface area contributed by atoms with Gasteiger partial charge in [0.1, 0.15) is 17.1 Å². The van der Waals surface area contributed by atoms with Crippen LogP contribution in [0.2, 0.25) is 0 Å². The number of carbonyl (C=O) groups is 1. The van der Waals surface area contributed by atoms with E-state index >= 15 is 0 Å². The molecule has 1 fully saturated rings. The summed E-state index contributed by atoms with van der Waals surface area (Å²) in [7, 11) is 1.54. The van der Waals surface area contributed by atoms with E-state index in [-0.39, 0.29) is 18.9 Å². The molecule has 2 N–H and O–H groups in total. The first kappa shape index (κ1) is 17.0. The monoisotopic (exact) mass is 343 g/mol. The number of methoxy groups -OCH3 is 1. The van der Waals surface area contributed by atoms with E-state index in [0.717, 1.165) is 25.9 Å². The van der Waals surface area contributed by atoms with Gasteiger partial charge in [-0.05, 0) is 25.0 Å². The highest BCUT2D eigenvalue weighted by atomic mass is 16.5. The highest BCUT2D eigenvalue weighted by Gasteiger charge is 2.27. The van der Waals surface area contributed by atoms with Crippen molar-refractivity contribution in [3.63, 3.8) is 0 Å². The van der Waals surface area contributed by atoms with Crippen molar-refractivity contribution in [2.24, 2.45) is 0 Å². The third-order valence-electron chi connectivity index (χ3n) is 4.34. The Morgan fingerprint density at radius 2 is 1.88 bits per heavy atom. The predicted molar refractivity (Wildman–Crippen MR) is 97.5 cm³/mol. The highest BCUT2D eigenvalue weighted by molar-refractivity contribution is 5.92. The summed E-state index contributed by atoms with van der Waals surface area (Å²) in [6.45, 7) is 1.88. The molecule has 0 spiro atoms. The molecule has 0 aliphatic carbocycles. The Kier molecular flexibility index (Phi) is 5.02. The number of ether oxygens (including phenoxy) is 1. The molecule has 0 unspecified atom stereocenters. The van der Waals surface area contributed by atoms with Crippen LogP contribution in [0.25, 0.3) is 0 Å². The maximum Gasteiger partial charge on any atom is 0.253 e. The summed E-state index contributed by atoms with van der Waals surface area (Å²) in [6, 6.07) is 7.15. The molecule has 1 heterocycles. The summed E-state index contributed by atoms with van der Waals surface area (Å²) < 4.78 is 5.19. The summed E-state index contributed by atoms with van der Waals surface area (Å²) in [5, 5.41) is 5.72. The van der Waals surface area contributed by atoms with Crippen molar-refractivity contribution in [1.82, 2.24) is 0 Å². The topological polar surface area (TPSA) is 87.7 Å². The quantitative estimate of drug-likeness (QED) is 0.738. The first-order valence-electron chi connectivity index (χ1n) is 8.37. The Morgan fingerprint density at radius 3 is 2.60 bits per heavy atom. The van der Waals surface area contributed by atoms with Gasteiger partial charge in [0.25, 0.3) is 10.9 Å². The number of anilines is 3. The second-order valence-electron chi connectivity index (χ2n) is 6.00. The summed E-state index contributed by atoms with van der Waals surface area (Å²) in [4.78, 5) is 37.6. The van der Waals surface area contributed by atoms with Crippen molar-refractivity contribution in [2.75, 3.05) is 42.3 Å². The van der Waals surface area contributed by atoms with Crippen LogP contribution >= 0.6 is 0 Å². The van der Waals surface area contributed by atoms with Crippen LogP contribution in [-0.2, 0) is 4.79 Å². The van der Waals surface area contributed by atoms with E-state index in [4.69, 9.17) is 4.74 Å². The van der Waals surface area contributed by atoms with Crippen molar-refractivity contribution in [1.29, 1.82) is 0 Å². The van der Waals surface area contributed by atoms with Crippen LogP contribution < -0.4 is 31.1 Å². The fraction of sp³-hybridized carbons (Fsp3) is 0.389. The third-order valence-corrected chi connectivity index (χ3v) is 4.34. The van der Waals surface area contributed by atoms with Gasteiger partial charge < -0.3 is 20.3 Å². The maximum atomic E-state index is 12.1. The Labute approximate surface area is 145 Å². The van der Waals surface area contributed by atoms with Gasteiger partial charge in [-0.2, -0.15) is 0 Å². The van der Waals surface area contributed by atoms with Crippen LogP contribution in [0.4, 0.5) is 17.1 Å². The largest absolute Gasteiger partial charge is 0.495 e. The lowest BCUT2D eigenvalue weighted by Gasteiger charge is -2.22. The zero-order valence-corrected chi connectivity index (χ0v) is 14.1. The number of rotatable bonds is 7. The fourth-order valence-electron chi connectivity index (χ4n) is 3.05. The lowest BCUT2D eigenvalue weighted by atomic mass is 10.1. The summed E-state index contributed by atoms with van der Waals surface area (Å²) in [6.07, 6.45) is 2.23. The van der Waals surface area contributed by atoms with Gasteiger partial charge in [0.2, 0.25) is 5.91 Å². The first-order chi connectivity index (χ1) is 12.1. The number of hydrogen-bond donors (Lipinski definition) is 2. The number of carbonyl (C=O) groups excluding carboxylic acids is 1. The Hall–Kier alpha value is -2.83. The lowest BCUT2D eigenvalue weighted by Crippen LogP contribution is -2.42. The minimum atomic E-state index is -0.493. The van der Waals surface area contributed by atoms with Gasteiger partial charge in [-0.15, -0.1) is 0 Å². The van der Waals surface area contributed by atoms with Crippen molar-refractivity contribution in [2.45, 2.75) is 19.3 Å². The summed E-state index contributed by atoms with van der Waals surface area (Å²) in [5.74, 6) is 0.390. The smallest absolute Gasteiger partial charge is 0.253 e. The van der Waals surface area contributed by atoms with Crippen molar-refractivity contribution < 1.29 is 9.53 Å². The molecule has 25 heavy (non-hydrogen) atoms. The molecular formula is C18H21N3O4. The molecule has 132 valence electrons. The van der Waals surface area contributed by atoms with Crippen LogP contribution in [0.5, 0.6) is 5.75 Å². The van der Waals surface area contributed by atoms with E-state index < -0.39 is 10.9 Å². The van der Waals surface area contributed by atoms with Gasteiger partial charge in [-0.1, -0.05) is 12.1 Å². The lowest BCUT2D eigenvalue weighted by molar-refractivity contribution is -0.116. The molecule has 1 aliphatic rings. The van der Waals surface area contributed by atoms with Crippen LogP contribution in [-0.4, -0.2) is 32.7 Å². The maximum absolute atomic E-state index is 12.1. The standard InChI is InChI=1S/C18H21N3O4/c1-25-13-7-3-2-6-12(13)20-14(22)8-9-19-15-16(18(24)17(15)23)21-10-4-5-11-21/h2-3,6-7,19H,4-5,8-11H2,1H3,(H,20,22). The van der Waals surface area contributed by atoms with Crippen molar-refractivity contribution in [3.8, 4) is 5.75 Å². The van der Waals surface area contributed by atoms with E-state index in [2.05, 4.69) is 10.6 Å². The van der Waals surface area contributed by atoms with E-state index in [9.17, 15) is 14.4 Å². The number of nitrogens with zero attached hydrogens (tertiary/aromatic N) is 1. The van der Waals surface area contributed by atoms with Gasteiger partial charge in [0.05, 0.1) is 12.8 Å². The molecule has 7 nitrogen and oxygen atoms in total. The SMILES string of the molecule is COc1ccccc1NC(=O)CCNc1c(N2CCCC2)c(=O)c1=O. The average molecular weight is 343 g/mol. The number of hydrogen-bond acceptors (Lipinski definition) is 6. The Balaban J connectivity index is 1.55. The summed E-state index contributed by atoms with van der Waals surface area (Å²) >= 11 is 0. The van der Waals surface area contributed by atoms with Crippen LogP contribution in [0, 0.1) is 0 Å². The van der Waals surface area contributed by atoms with E-state index in [1.165, 1.54) is 7.11 Å². The molecule has 1 amide bonds. The van der Waals surface area contributed by atoms with Crippen LogP contribution in [0.3, 0.4) is 0 Å². The number of nitrogens with one attached hydrogen (secondary N) is 2. The normalized spacial score (nSPS) is 13.9. The Bertz CT molecular complexity index is 833. The first-order valence-corrected chi connectivity index (χ1v) is 8.37. The van der Waals surface area contributed by atoms with Crippen LogP contribution in [0.15, 0.2) is 33.9 Å². The highest BCUT2D eigenvalue weighted by Crippen LogP contribution is 2.25. The van der Waals surface area contributed by atoms with Crippen LogP contribution in [0.1, 0.15) is 19.3 Å². The minimum Gasteiger partial charge on any atom is -0.495 e. The molecule has 2 aromatic rings. The molecule has 7 heteroatoms. The zero-order valence-electron chi connectivity index (χ0n) is 14.1. The molecule has 1 aliphatic heterocycles. The molecule has 0 bridgehead atoms. The molecule has 0 radical (unpaired) electrons. The molecule has 0 atom stereocenters. The van der Waals surface area contributed by atoms with E-state index in [1.807, 2.05) is 17.0 Å². The van der Waals surface area contributed by atoms with Gasteiger partial charge in [0.15, 0.2) is 0 Å². The third kappa shape index (κ3) is 3.50. The zero-order chi connectivity index (χ0) is 17.8. The molecular weight excluding hydrogens is 322 g/mol. The molecule has 1 saturated heterocycles. The summed E-state index contributed by atoms with van der Waals surface area (Å²) in [5.41, 5.74) is 0.501. The average Bonchev–Trinajstić information content (AvgIpc) is 3.14. The van der Waals surface area contributed by atoms with Gasteiger partial charge in [0, 0.05) is 26.1 Å². The second kappa shape index (κ2) is 7.38. The van der Waals surface area contributed by atoms with Gasteiger partial charge in [-0.25, -0.2) is 0 Å². The predicted octanol–water partition coefficient (Wildman–Crippen LogP) is 1.33.